The van der Waals surface area contributed by atoms with Gasteiger partial charge in [0.05, 0.1) is 19.3 Å². The second kappa shape index (κ2) is 12.7. The van der Waals surface area contributed by atoms with E-state index in [9.17, 15) is 19.2 Å². The maximum absolute atomic E-state index is 12.1. The van der Waals surface area contributed by atoms with E-state index in [1.54, 1.807) is 30.3 Å². The zero-order chi connectivity index (χ0) is 23.3. The van der Waals surface area contributed by atoms with Crippen molar-refractivity contribution in [1.29, 1.82) is 0 Å². The summed E-state index contributed by atoms with van der Waals surface area (Å²) in [5.41, 5.74) is 1.13. The fourth-order valence-electron chi connectivity index (χ4n) is 2.50. The van der Waals surface area contributed by atoms with E-state index in [0.717, 1.165) is 12.8 Å². The zero-order valence-corrected chi connectivity index (χ0v) is 18.0. The van der Waals surface area contributed by atoms with Gasteiger partial charge in [0.1, 0.15) is 12.3 Å². The molecule has 0 aliphatic rings. The van der Waals surface area contributed by atoms with Gasteiger partial charge >= 0.3 is 11.9 Å². The molecule has 0 radical (unpaired) electrons. The molecule has 0 spiro atoms. The van der Waals surface area contributed by atoms with Crippen LogP contribution in [-0.2, 0) is 19.1 Å². The lowest BCUT2D eigenvalue weighted by molar-refractivity contribution is -0.146. The Kier molecular flexibility index (Phi) is 9.70. The van der Waals surface area contributed by atoms with Crippen LogP contribution < -0.4 is 15.4 Å². The van der Waals surface area contributed by atoms with Crippen LogP contribution in [0.2, 0.25) is 0 Å². The summed E-state index contributed by atoms with van der Waals surface area (Å²) in [4.78, 5) is 47.7. The van der Waals surface area contributed by atoms with Gasteiger partial charge < -0.3 is 24.8 Å². The van der Waals surface area contributed by atoms with Gasteiger partial charge in [-0.3, -0.25) is 14.4 Å². The lowest BCUT2D eigenvalue weighted by Crippen LogP contribution is -2.32. The zero-order valence-electron chi connectivity index (χ0n) is 18.0. The smallest absolute Gasteiger partial charge is 0.338 e. The number of benzene rings is 2. The number of unbranched alkanes of at least 4 members (excludes halogenated alkanes) is 1. The highest BCUT2D eigenvalue weighted by atomic mass is 16.5. The quantitative estimate of drug-likeness (QED) is 0.405. The van der Waals surface area contributed by atoms with E-state index in [0.29, 0.717) is 29.2 Å². The molecule has 2 rings (SSSR count). The van der Waals surface area contributed by atoms with Crippen LogP contribution in [0.25, 0.3) is 0 Å². The minimum Gasteiger partial charge on any atom is -0.497 e. The summed E-state index contributed by atoms with van der Waals surface area (Å²) >= 11 is 0. The average Bonchev–Trinajstić information content (AvgIpc) is 2.81. The Morgan fingerprint density at radius 1 is 0.938 bits per heavy atom. The molecule has 2 aromatic carbocycles. The van der Waals surface area contributed by atoms with Gasteiger partial charge in [-0.25, -0.2) is 4.79 Å². The molecule has 0 bridgehead atoms. The number of hydrogen-bond donors (Lipinski definition) is 2. The number of nitrogens with one attached hydrogen (secondary N) is 2. The molecule has 2 amide bonds. The van der Waals surface area contributed by atoms with E-state index in [1.165, 1.54) is 25.3 Å². The summed E-state index contributed by atoms with van der Waals surface area (Å²) in [5, 5.41) is 4.96. The van der Waals surface area contributed by atoms with Crippen molar-refractivity contribution in [2.24, 2.45) is 0 Å². The monoisotopic (exact) mass is 442 g/mol. The van der Waals surface area contributed by atoms with Crippen molar-refractivity contribution in [2.75, 3.05) is 32.2 Å². The van der Waals surface area contributed by atoms with Gasteiger partial charge in [0.2, 0.25) is 0 Å². The van der Waals surface area contributed by atoms with E-state index >= 15 is 0 Å². The molecule has 0 heterocycles. The second-order valence-corrected chi connectivity index (χ2v) is 6.69. The highest BCUT2D eigenvalue weighted by Gasteiger charge is 2.12. The van der Waals surface area contributed by atoms with Crippen molar-refractivity contribution < 1.29 is 33.4 Å². The van der Waals surface area contributed by atoms with Gasteiger partial charge in [0.15, 0.2) is 6.61 Å². The second-order valence-electron chi connectivity index (χ2n) is 6.69. The Hall–Kier alpha value is -3.88. The first kappa shape index (κ1) is 24.4. The lowest BCUT2D eigenvalue weighted by Gasteiger charge is -2.09. The number of rotatable bonds is 11. The van der Waals surface area contributed by atoms with Crippen molar-refractivity contribution in [2.45, 2.75) is 19.8 Å². The van der Waals surface area contributed by atoms with Gasteiger partial charge in [-0.05, 0) is 48.9 Å². The number of anilines is 1. The van der Waals surface area contributed by atoms with Crippen LogP contribution in [0, 0.1) is 0 Å². The number of carbonyl (C=O) groups excluding carboxylic acids is 4. The number of carbonyl (C=O) groups is 4. The van der Waals surface area contributed by atoms with Crippen molar-refractivity contribution in [3.05, 3.63) is 59.7 Å². The molecule has 9 nitrogen and oxygen atoms in total. The Bertz CT molecular complexity index is 942. The van der Waals surface area contributed by atoms with Crippen LogP contribution in [0.5, 0.6) is 5.75 Å². The average molecular weight is 442 g/mol. The van der Waals surface area contributed by atoms with E-state index in [1.807, 2.05) is 6.92 Å². The largest absolute Gasteiger partial charge is 0.497 e. The normalized spacial score (nSPS) is 10.1. The molecule has 0 saturated carbocycles. The molecule has 0 aliphatic heterocycles. The molecule has 32 heavy (non-hydrogen) atoms. The van der Waals surface area contributed by atoms with Gasteiger partial charge in [0.25, 0.3) is 11.8 Å². The minimum atomic E-state index is -0.762. The van der Waals surface area contributed by atoms with E-state index in [4.69, 9.17) is 14.2 Å². The van der Waals surface area contributed by atoms with Crippen molar-refractivity contribution >= 4 is 29.4 Å². The maximum atomic E-state index is 12.1. The summed E-state index contributed by atoms with van der Waals surface area (Å²) in [7, 11) is 1.48. The molecule has 0 aliphatic carbocycles. The summed E-state index contributed by atoms with van der Waals surface area (Å²) < 4.78 is 15.0. The molecule has 0 atom stereocenters. The third-order valence-corrected chi connectivity index (χ3v) is 4.22. The van der Waals surface area contributed by atoms with Crippen LogP contribution in [0.3, 0.4) is 0 Å². The highest BCUT2D eigenvalue weighted by molar-refractivity contribution is 5.97. The van der Waals surface area contributed by atoms with Crippen LogP contribution in [0.4, 0.5) is 5.69 Å². The minimum absolute atomic E-state index is 0.326. The van der Waals surface area contributed by atoms with E-state index in [2.05, 4.69) is 10.6 Å². The molecule has 170 valence electrons. The topological polar surface area (TPSA) is 120 Å². The SMILES string of the molecule is CCCCOC(=O)c1ccc(NC(=O)COC(=O)CNC(=O)c2cccc(OC)c2)cc1. The summed E-state index contributed by atoms with van der Waals surface area (Å²) in [5.74, 6) is -1.71. The first-order valence-electron chi connectivity index (χ1n) is 10.1. The fourth-order valence-corrected chi connectivity index (χ4v) is 2.50. The fraction of sp³-hybridized carbons (Fsp3) is 0.304. The Morgan fingerprint density at radius 3 is 2.38 bits per heavy atom. The first-order valence-corrected chi connectivity index (χ1v) is 10.1. The summed E-state index contributed by atoms with van der Waals surface area (Å²) in [6.45, 7) is 1.45. The summed E-state index contributed by atoms with van der Waals surface area (Å²) in [6.07, 6.45) is 1.72. The molecule has 0 saturated heterocycles. The molecule has 0 unspecified atom stereocenters. The molecule has 2 N–H and O–H groups in total. The van der Waals surface area contributed by atoms with Gasteiger partial charge in [-0.2, -0.15) is 0 Å². The van der Waals surface area contributed by atoms with Gasteiger partial charge in [-0.1, -0.05) is 19.4 Å². The Labute approximate surface area is 186 Å². The molecular weight excluding hydrogens is 416 g/mol. The van der Waals surface area contributed by atoms with Gasteiger partial charge in [-0.15, -0.1) is 0 Å². The Morgan fingerprint density at radius 2 is 1.69 bits per heavy atom. The molecule has 2 aromatic rings. The first-order chi connectivity index (χ1) is 15.4. The molecule has 9 heteroatoms. The standard InChI is InChI=1S/C23H26N2O7/c1-3-4-12-31-23(29)16-8-10-18(11-9-16)25-20(26)15-32-21(27)14-24-22(28)17-6-5-7-19(13-17)30-2/h5-11,13H,3-4,12,14-15H2,1-2H3,(H,24,28)(H,25,26). The number of ether oxygens (including phenoxy) is 3. The predicted molar refractivity (Wildman–Crippen MR) is 117 cm³/mol. The third kappa shape index (κ3) is 8.10. The molecule has 0 aromatic heterocycles. The number of hydrogen-bond acceptors (Lipinski definition) is 7. The van der Waals surface area contributed by atoms with Crippen molar-refractivity contribution in [3.8, 4) is 5.75 Å². The highest BCUT2D eigenvalue weighted by Crippen LogP contribution is 2.12. The Balaban J connectivity index is 1.72. The van der Waals surface area contributed by atoms with Crippen molar-refractivity contribution in [1.82, 2.24) is 5.32 Å². The van der Waals surface area contributed by atoms with Gasteiger partial charge in [0, 0.05) is 11.3 Å². The van der Waals surface area contributed by atoms with Crippen LogP contribution in [0.1, 0.15) is 40.5 Å². The van der Waals surface area contributed by atoms with Crippen LogP contribution in [0.15, 0.2) is 48.5 Å². The summed E-state index contributed by atoms with van der Waals surface area (Å²) in [6, 6.07) is 12.6. The lowest BCUT2D eigenvalue weighted by atomic mass is 10.2. The van der Waals surface area contributed by atoms with Crippen LogP contribution >= 0.6 is 0 Å². The number of esters is 2. The molecule has 0 fully saturated rings. The van der Waals surface area contributed by atoms with Crippen LogP contribution in [-0.4, -0.2) is 50.6 Å². The third-order valence-electron chi connectivity index (χ3n) is 4.22. The predicted octanol–water partition coefficient (Wildman–Crippen LogP) is 2.56. The number of methoxy groups -OCH3 is 1. The van der Waals surface area contributed by atoms with E-state index < -0.39 is 36.9 Å². The maximum Gasteiger partial charge on any atom is 0.338 e. The molecular formula is C23H26N2O7. The van der Waals surface area contributed by atoms with E-state index in [-0.39, 0.29) is 0 Å². The number of amides is 2. The van der Waals surface area contributed by atoms with Crippen molar-refractivity contribution in [3.63, 3.8) is 0 Å².